The molecule has 0 saturated heterocycles. The van der Waals surface area contributed by atoms with Crippen LogP contribution in [0.5, 0.6) is 0 Å². The Hall–Kier alpha value is -2.75. The molecular formula is C16H13N3O4S2. The first kappa shape index (κ1) is 17.1. The van der Waals surface area contributed by atoms with Gasteiger partial charge in [0.05, 0.1) is 21.2 Å². The van der Waals surface area contributed by atoms with Crippen molar-refractivity contribution in [3.05, 3.63) is 60.3 Å². The van der Waals surface area contributed by atoms with Gasteiger partial charge in [-0.15, -0.1) is 11.3 Å². The number of nitrogen functional groups attached to an aromatic ring is 1. The van der Waals surface area contributed by atoms with E-state index in [0.29, 0.717) is 16.3 Å². The summed E-state index contributed by atoms with van der Waals surface area (Å²) in [5.41, 5.74) is 8.52. The maximum absolute atomic E-state index is 12.8. The first-order valence-electron chi connectivity index (χ1n) is 7.04. The summed E-state index contributed by atoms with van der Waals surface area (Å²) in [6.45, 7) is 0. The van der Waals surface area contributed by atoms with Crippen molar-refractivity contribution in [1.29, 1.82) is 0 Å². The van der Waals surface area contributed by atoms with Gasteiger partial charge in [0, 0.05) is 11.8 Å². The number of rotatable bonds is 4. The van der Waals surface area contributed by atoms with Crippen molar-refractivity contribution in [3.8, 4) is 10.6 Å². The zero-order valence-corrected chi connectivity index (χ0v) is 14.3. The van der Waals surface area contributed by atoms with Crippen molar-refractivity contribution in [3.63, 3.8) is 0 Å². The van der Waals surface area contributed by atoms with E-state index < -0.39 is 15.7 Å². The number of aromatic nitrogens is 1. The molecule has 0 unspecified atom stereocenters. The second-order valence-electron chi connectivity index (χ2n) is 5.03. The van der Waals surface area contributed by atoms with Crippen LogP contribution in [0.1, 0.15) is 10.4 Å². The predicted molar refractivity (Wildman–Crippen MR) is 93.1 cm³/mol. The number of carbonyl (C=O) groups is 1. The summed E-state index contributed by atoms with van der Waals surface area (Å²) in [6.07, 6.45) is 1.60. The normalized spacial score (nSPS) is 11.2. The highest BCUT2D eigenvalue weighted by Crippen LogP contribution is 2.38. The molecule has 0 bridgehead atoms. The topological polar surface area (TPSA) is 122 Å². The lowest BCUT2D eigenvalue weighted by Gasteiger charge is -2.03. The Balaban J connectivity index is 2.00. The molecule has 1 aromatic carbocycles. The van der Waals surface area contributed by atoms with Crippen LogP contribution in [-0.2, 0) is 9.84 Å². The molecule has 9 heteroatoms. The van der Waals surface area contributed by atoms with Crippen LogP contribution in [0.25, 0.3) is 10.6 Å². The van der Waals surface area contributed by atoms with Gasteiger partial charge < -0.3 is 5.73 Å². The van der Waals surface area contributed by atoms with Crippen molar-refractivity contribution in [1.82, 2.24) is 10.5 Å². The van der Waals surface area contributed by atoms with Gasteiger partial charge in [-0.25, -0.2) is 13.9 Å². The van der Waals surface area contributed by atoms with Gasteiger partial charge in [0.15, 0.2) is 0 Å². The number of hydroxylamine groups is 1. The average molecular weight is 375 g/mol. The molecule has 128 valence electrons. The van der Waals surface area contributed by atoms with Crippen molar-refractivity contribution in [2.24, 2.45) is 0 Å². The average Bonchev–Trinajstić information content (AvgIpc) is 3.04. The Morgan fingerprint density at radius 3 is 2.48 bits per heavy atom. The highest BCUT2D eigenvalue weighted by molar-refractivity contribution is 7.93. The number of nitrogens with two attached hydrogens (primary N) is 1. The Morgan fingerprint density at radius 2 is 1.88 bits per heavy atom. The van der Waals surface area contributed by atoms with Crippen LogP contribution in [0, 0.1) is 0 Å². The van der Waals surface area contributed by atoms with Crippen LogP contribution >= 0.6 is 11.3 Å². The number of hydrogen-bond donors (Lipinski definition) is 3. The third-order valence-corrected chi connectivity index (χ3v) is 6.85. The monoisotopic (exact) mass is 375 g/mol. The van der Waals surface area contributed by atoms with Crippen molar-refractivity contribution >= 4 is 32.8 Å². The van der Waals surface area contributed by atoms with E-state index in [4.69, 9.17) is 10.9 Å². The number of sulfone groups is 1. The molecule has 0 radical (unpaired) electrons. The van der Waals surface area contributed by atoms with Crippen molar-refractivity contribution < 1.29 is 18.4 Å². The molecule has 0 aliphatic rings. The molecule has 25 heavy (non-hydrogen) atoms. The summed E-state index contributed by atoms with van der Waals surface area (Å²) in [5.74, 6) is -0.721. The number of carbonyl (C=O) groups excluding carboxylic acids is 1. The minimum atomic E-state index is -3.78. The first-order valence-corrected chi connectivity index (χ1v) is 9.34. The lowest BCUT2D eigenvalue weighted by molar-refractivity contribution is 0.0706. The summed E-state index contributed by atoms with van der Waals surface area (Å²) in [5, 5.41) is 8.60. The Bertz CT molecular complexity index is 1010. The number of benzene rings is 1. The van der Waals surface area contributed by atoms with Crippen molar-refractivity contribution in [2.45, 2.75) is 9.10 Å². The largest absolute Gasteiger partial charge is 0.397 e. The second-order valence-corrected chi connectivity index (χ2v) is 8.26. The van der Waals surface area contributed by atoms with E-state index in [2.05, 4.69) is 4.98 Å². The van der Waals surface area contributed by atoms with Gasteiger partial charge in [-0.2, -0.15) is 0 Å². The molecule has 2 heterocycles. The van der Waals surface area contributed by atoms with E-state index in [0.717, 1.165) is 11.3 Å². The smallest absolute Gasteiger partial charge is 0.274 e. The lowest BCUT2D eigenvalue weighted by atomic mass is 10.2. The Morgan fingerprint density at radius 1 is 1.16 bits per heavy atom. The highest BCUT2D eigenvalue weighted by Gasteiger charge is 2.23. The molecule has 0 aliphatic heterocycles. The number of amides is 1. The van der Waals surface area contributed by atoms with Gasteiger partial charge in [-0.3, -0.25) is 15.0 Å². The number of hydrogen-bond acceptors (Lipinski definition) is 7. The van der Waals surface area contributed by atoms with E-state index in [1.807, 2.05) is 0 Å². The van der Waals surface area contributed by atoms with Crippen molar-refractivity contribution in [2.75, 3.05) is 5.73 Å². The van der Waals surface area contributed by atoms with E-state index >= 15 is 0 Å². The summed E-state index contributed by atoms with van der Waals surface area (Å²) in [4.78, 5) is 16.1. The van der Waals surface area contributed by atoms with Gasteiger partial charge in [0.2, 0.25) is 9.84 Å². The van der Waals surface area contributed by atoms with Gasteiger partial charge in [-0.1, -0.05) is 6.07 Å². The minimum Gasteiger partial charge on any atom is -0.397 e. The lowest BCUT2D eigenvalue weighted by Crippen LogP contribution is -2.18. The fourth-order valence-corrected chi connectivity index (χ4v) is 4.95. The molecule has 0 aliphatic carbocycles. The zero-order chi connectivity index (χ0) is 18.0. The van der Waals surface area contributed by atoms with Crippen LogP contribution in [0.4, 0.5) is 5.69 Å². The molecule has 0 spiro atoms. The number of nitrogens with zero attached hydrogens (tertiary/aromatic N) is 1. The summed E-state index contributed by atoms with van der Waals surface area (Å²) in [6, 6.07) is 11.9. The molecule has 0 saturated carbocycles. The summed E-state index contributed by atoms with van der Waals surface area (Å²) in [7, 11) is -3.78. The second kappa shape index (κ2) is 6.63. The van der Waals surface area contributed by atoms with E-state index in [1.165, 1.54) is 35.8 Å². The van der Waals surface area contributed by atoms with Gasteiger partial charge in [0.1, 0.15) is 4.21 Å². The van der Waals surface area contributed by atoms with Gasteiger partial charge in [-0.05, 0) is 42.5 Å². The Labute approximate surface area is 147 Å². The van der Waals surface area contributed by atoms with Gasteiger partial charge >= 0.3 is 0 Å². The molecule has 0 atom stereocenters. The fraction of sp³-hybridized carbons (Fsp3) is 0. The SMILES string of the molecule is Nc1cc(S(=O)(=O)c2ccc(C(=O)NO)cc2)sc1-c1ccccn1. The van der Waals surface area contributed by atoms with Crippen LogP contribution < -0.4 is 11.2 Å². The number of nitrogens with one attached hydrogen (secondary N) is 1. The number of anilines is 1. The van der Waals surface area contributed by atoms with E-state index in [-0.39, 0.29) is 14.7 Å². The maximum atomic E-state index is 12.8. The van der Waals surface area contributed by atoms with Crippen LogP contribution in [-0.4, -0.2) is 24.5 Å². The third-order valence-electron chi connectivity index (χ3n) is 3.43. The van der Waals surface area contributed by atoms with Crippen LogP contribution in [0.2, 0.25) is 0 Å². The molecule has 1 amide bonds. The molecule has 3 rings (SSSR count). The predicted octanol–water partition coefficient (Wildman–Crippen LogP) is 2.34. The number of pyridine rings is 1. The van der Waals surface area contributed by atoms with E-state index in [9.17, 15) is 13.2 Å². The van der Waals surface area contributed by atoms with E-state index in [1.54, 1.807) is 24.4 Å². The summed E-state index contributed by atoms with van der Waals surface area (Å²) >= 11 is 1.03. The first-order chi connectivity index (χ1) is 11.9. The fourth-order valence-electron chi connectivity index (χ4n) is 2.18. The molecular weight excluding hydrogens is 362 g/mol. The molecule has 4 N–H and O–H groups in total. The highest BCUT2D eigenvalue weighted by atomic mass is 32.2. The Kier molecular flexibility index (Phi) is 4.53. The maximum Gasteiger partial charge on any atom is 0.274 e. The zero-order valence-electron chi connectivity index (χ0n) is 12.7. The van der Waals surface area contributed by atoms with Gasteiger partial charge in [0.25, 0.3) is 5.91 Å². The third kappa shape index (κ3) is 3.25. The van der Waals surface area contributed by atoms with Crippen LogP contribution in [0.3, 0.4) is 0 Å². The minimum absolute atomic E-state index is 0.0239. The van der Waals surface area contributed by atoms with Crippen LogP contribution in [0.15, 0.2) is 63.8 Å². The standard InChI is InChI=1S/C16H13N3O4S2/c17-12-9-14(24-15(12)13-3-1-2-8-18-13)25(22,23)11-6-4-10(5-7-11)16(20)19-21/h1-9,21H,17H2,(H,19,20). The summed E-state index contributed by atoms with van der Waals surface area (Å²) < 4.78 is 25.6. The molecule has 0 fully saturated rings. The molecule has 3 aromatic rings. The molecule has 2 aromatic heterocycles. The quantitative estimate of drug-likeness (QED) is 0.475. The number of thiophene rings is 1. The molecule has 7 nitrogen and oxygen atoms in total.